The number of carbonyl (C=O) groups is 1. The maximum atomic E-state index is 14.5. The van der Waals surface area contributed by atoms with Gasteiger partial charge in [0.15, 0.2) is 9.84 Å². The number of piperidine rings is 1. The van der Waals surface area contributed by atoms with Gasteiger partial charge in [-0.3, -0.25) is 14.6 Å². The van der Waals surface area contributed by atoms with Crippen molar-refractivity contribution < 1.29 is 36.2 Å². The third-order valence-corrected chi connectivity index (χ3v) is 11.5. The van der Waals surface area contributed by atoms with Gasteiger partial charge in [-0.2, -0.15) is 13.2 Å². The average molecular weight is 711 g/mol. The number of nitrogens with zero attached hydrogens (tertiary/aromatic N) is 3. The highest BCUT2D eigenvalue weighted by Gasteiger charge is 2.33. The first kappa shape index (κ1) is 35.8. The van der Waals surface area contributed by atoms with Gasteiger partial charge in [-0.25, -0.2) is 13.4 Å². The normalized spacial score (nSPS) is 17.5. The van der Waals surface area contributed by atoms with E-state index in [1.54, 1.807) is 0 Å². The third-order valence-electron chi connectivity index (χ3n) is 9.72. The summed E-state index contributed by atoms with van der Waals surface area (Å²) in [4.78, 5) is 23.5. The van der Waals surface area contributed by atoms with Crippen molar-refractivity contribution in [3.8, 4) is 17.0 Å². The molecule has 1 aromatic heterocycles. The summed E-state index contributed by atoms with van der Waals surface area (Å²) in [6.07, 6.45) is -2.90. The van der Waals surface area contributed by atoms with Crippen LogP contribution in [0.1, 0.15) is 59.8 Å². The lowest BCUT2D eigenvalue weighted by Gasteiger charge is -2.40. The van der Waals surface area contributed by atoms with Crippen molar-refractivity contribution in [1.29, 1.82) is 0 Å². The predicted octanol–water partition coefficient (Wildman–Crippen LogP) is 6.21. The molecule has 4 aromatic rings. The second kappa shape index (κ2) is 14.7. The summed E-state index contributed by atoms with van der Waals surface area (Å²) >= 11 is 0. The summed E-state index contributed by atoms with van der Waals surface area (Å²) in [6, 6.07) is 16.4. The lowest BCUT2D eigenvalue weighted by atomic mass is 9.93. The Hall–Kier alpha value is -4.04. The monoisotopic (exact) mass is 710 g/mol. The van der Waals surface area contributed by atoms with Crippen LogP contribution in [-0.4, -0.2) is 85.4 Å². The van der Waals surface area contributed by atoms with Crippen LogP contribution < -0.4 is 5.32 Å². The molecular formula is C37H41F3N4O5S. The van der Waals surface area contributed by atoms with Gasteiger partial charge in [-0.1, -0.05) is 49.4 Å². The van der Waals surface area contributed by atoms with Crippen LogP contribution in [0.4, 0.5) is 13.2 Å². The minimum Gasteiger partial charge on any atom is -0.507 e. The Morgan fingerprint density at radius 1 is 1.02 bits per heavy atom. The van der Waals surface area contributed by atoms with E-state index in [2.05, 4.69) is 15.1 Å². The minimum atomic E-state index is -4.62. The number of likely N-dealkylation sites (tertiary alicyclic amines) is 1. The summed E-state index contributed by atoms with van der Waals surface area (Å²) in [7, 11) is -3.93. The maximum Gasteiger partial charge on any atom is 0.416 e. The number of morpholine rings is 1. The molecule has 0 aliphatic carbocycles. The molecule has 3 aromatic carbocycles. The molecule has 3 heterocycles. The minimum absolute atomic E-state index is 0.0808. The number of fused-ring (bicyclic) bond motifs is 1. The molecule has 1 atom stereocenters. The Bertz CT molecular complexity index is 1960. The van der Waals surface area contributed by atoms with E-state index in [9.17, 15) is 31.5 Å². The van der Waals surface area contributed by atoms with E-state index in [1.165, 1.54) is 31.2 Å². The van der Waals surface area contributed by atoms with Gasteiger partial charge in [-0.05, 0) is 56.6 Å². The molecule has 2 N–H and O–H groups in total. The number of phenols is 1. The maximum absolute atomic E-state index is 14.5. The standard InChI is InChI=1S/C37H41F3N4O5S/c1-3-50(47,48)33-21-29-31(22-32(33)45)42-35(26-10-7-11-27(20-26)37(38,39)40)30(34(29)36(46)41-24(2)25-8-5-4-6-9-25)23-43-14-12-28(13-15-43)44-16-18-49-19-17-44/h4-11,20-22,24,28,45H,3,12-19,23H2,1-2H3,(H,41,46)/t24-/m0/s1. The fourth-order valence-corrected chi connectivity index (χ4v) is 7.91. The summed E-state index contributed by atoms with van der Waals surface area (Å²) in [6.45, 7) is 7.90. The number of nitrogens with one attached hydrogen (secondary N) is 1. The molecule has 13 heteroatoms. The zero-order valence-electron chi connectivity index (χ0n) is 28.0. The molecule has 2 aliphatic heterocycles. The number of aromatic hydroxyl groups is 1. The number of hydrogen-bond acceptors (Lipinski definition) is 8. The van der Waals surface area contributed by atoms with Crippen LogP contribution in [0.15, 0.2) is 71.6 Å². The Balaban J connectivity index is 1.52. The van der Waals surface area contributed by atoms with Crippen molar-refractivity contribution >= 4 is 26.6 Å². The SMILES string of the molecule is CCS(=O)(=O)c1cc2c(C(=O)N[C@@H](C)c3ccccc3)c(CN3CCC(N4CCOCC4)CC3)c(-c3cccc(C(F)(F)F)c3)nc2cc1O. The lowest BCUT2D eigenvalue weighted by Crippen LogP contribution is -2.48. The first-order chi connectivity index (χ1) is 23.9. The van der Waals surface area contributed by atoms with E-state index in [4.69, 9.17) is 9.72 Å². The molecule has 2 saturated heterocycles. The molecule has 0 radical (unpaired) electrons. The highest BCUT2D eigenvalue weighted by Crippen LogP contribution is 2.39. The van der Waals surface area contributed by atoms with Crippen LogP contribution >= 0.6 is 0 Å². The van der Waals surface area contributed by atoms with Gasteiger partial charge in [0.1, 0.15) is 10.6 Å². The van der Waals surface area contributed by atoms with Gasteiger partial charge < -0.3 is 15.2 Å². The summed E-state index contributed by atoms with van der Waals surface area (Å²) in [5.41, 5.74) is 0.827. The number of hydrogen-bond donors (Lipinski definition) is 2. The number of amides is 1. The first-order valence-corrected chi connectivity index (χ1v) is 18.5. The van der Waals surface area contributed by atoms with Gasteiger partial charge in [0.25, 0.3) is 5.91 Å². The summed E-state index contributed by atoms with van der Waals surface area (Å²) in [5.74, 6) is -1.38. The number of rotatable bonds is 9. The van der Waals surface area contributed by atoms with Crippen molar-refractivity contribution in [2.24, 2.45) is 0 Å². The van der Waals surface area contributed by atoms with Gasteiger partial charge in [-0.15, -0.1) is 0 Å². The molecule has 0 unspecified atom stereocenters. The van der Waals surface area contributed by atoms with E-state index < -0.39 is 39.3 Å². The highest BCUT2D eigenvalue weighted by atomic mass is 32.2. The second-order valence-corrected chi connectivity index (χ2v) is 15.1. The van der Waals surface area contributed by atoms with Crippen LogP contribution in [0.5, 0.6) is 5.75 Å². The number of sulfone groups is 1. The van der Waals surface area contributed by atoms with Crippen LogP contribution in [-0.2, 0) is 27.3 Å². The molecule has 0 saturated carbocycles. The number of benzene rings is 3. The van der Waals surface area contributed by atoms with E-state index in [0.29, 0.717) is 37.9 Å². The van der Waals surface area contributed by atoms with Crippen LogP contribution in [0.3, 0.4) is 0 Å². The molecule has 0 bridgehead atoms. The van der Waals surface area contributed by atoms with Crippen molar-refractivity contribution in [3.05, 3.63) is 89.0 Å². The first-order valence-electron chi connectivity index (χ1n) is 16.9. The fourth-order valence-electron chi connectivity index (χ4n) is 6.92. The van der Waals surface area contributed by atoms with E-state index in [-0.39, 0.29) is 44.9 Å². The lowest BCUT2D eigenvalue weighted by molar-refractivity contribution is -0.137. The highest BCUT2D eigenvalue weighted by molar-refractivity contribution is 7.91. The molecule has 50 heavy (non-hydrogen) atoms. The Morgan fingerprint density at radius 3 is 2.38 bits per heavy atom. The largest absolute Gasteiger partial charge is 0.507 e. The Morgan fingerprint density at radius 2 is 1.72 bits per heavy atom. The quantitative estimate of drug-likeness (QED) is 0.211. The summed E-state index contributed by atoms with van der Waals surface area (Å²) < 4.78 is 73.6. The topological polar surface area (TPSA) is 112 Å². The van der Waals surface area contributed by atoms with Gasteiger partial charge in [0.2, 0.25) is 0 Å². The van der Waals surface area contributed by atoms with E-state index >= 15 is 0 Å². The van der Waals surface area contributed by atoms with E-state index in [1.807, 2.05) is 37.3 Å². The second-order valence-electron chi connectivity index (χ2n) is 12.9. The zero-order chi connectivity index (χ0) is 35.6. The molecule has 1 amide bonds. The number of carbonyl (C=O) groups excluding carboxylic acids is 1. The van der Waals surface area contributed by atoms with Gasteiger partial charge in [0, 0.05) is 48.3 Å². The Kier molecular flexibility index (Phi) is 10.5. The van der Waals surface area contributed by atoms with Crippen LogP contribution in [0, 0.1) is 0 Å². The third kappa shape index (κ3) is 7.65. The number of phenolic OH excluding ortho intramolecular Hbond substituents is 1. The van der Waals surface area contributed by atoms with Gasteiger partial charge in [0.05, 0.1) is 47.3 Å². The van der Waals surface area contributed by atoms with Crippen molar-refractivity contribution in [2.75, 3.05) is 45.1 Å². The zero-order valence-corrected chi connectivity index (χ0v) is 28.9. The fraction of sp³-hybridized carbons (Fsp3) is 0.405. The van der Waals surface area contributed by atoms with E-state index in [0.717, 1.165) is 43.6 Å². The molecule has 9 nitrogen and oxygen atoms in total. The molecule has 2 fully saturated rings. The predicted molar refractivity (Wildman–Crippen MR) is 185 cm³/mol. The number of halogens is 3. The van der Waals surface area contributed by atoms with Crippen molar-refractivity contribution in [1.82, 2.24) is 20.1 Å². The average Bonchev–Trinajstić information content (AvgIpc) is 3.11. The molecule has 266 valence electrons. The Labute approximate surface area is 290 Å². The van der Waals surface area contributed by atoms with Crippen molar-refractivity contribution in [2.45, 2.75) is 56.4 Å². The molecule has 0 spiro atoms. The number of pyridine rings is 1. The van der Waals surface area contributed by atoms with Crippen LogP contribution in [0.25, 0.3) is 22.2 Å². The number of alkyl halides is 3. The number of ether oxygens (including phenoxy) is 1. The van der Waals surface area contributed by atoms with Crippen molar-refractivity contribution in [3.63, 3.8) is 0 Å². The summed E-state index contributed by atoms with van der Waals surface area (Å²) in [5, 5.41) is 14.1. The molecule has 2 aliphatic rings. The molecule has 6 rings (SSSR count). The van der Waals surface area contributed by atoms with Gasteiger partial charge >= 0.3 is 6.18 Å². The number of aromatic nitrogens is 1. The smallest absolute Gasteiger partial charge is 0.416 e. The molecular weight excluding hydrogens is 669 g/mol. The van der Waals surface area contributed by atoms with Crippen LogP contribution in [0.2, 0.25) is 0 Å².